The average Bonchev–Trinajstić information content (AvgIpc) is 3.01. The van der Waals surface area contributed by atoms with Crippen molar-refractivity contribution in [3.8, 4) is 17.3 Å². The van der Waals surface area contributed by atoms with Gasteiger partial charge in [-0.2, -0.15) is 13.2 Å². The van der Waals surface area contributed by atoms with Gasteiger partial charge in [-0.1, -0.05) is 23.2 Å². The van der Waals surface area contributed by atoms with Crippen LogP contribution in [0.3, 0.4) is 0 Å². The van der Waals surface area contributed by atoms with Gasteiger partial charge in [-0.05, 0) is 24.3 Å². The van der Waals surface area contributed by atoms with Gasteiger partial charge >= 0.3 is 6.18 Å². The molecule has 0 aliphatic heterocycles. The highest BCUT2D eigenvalue weighted by atomic mass is 35.5. The van der Waals surface area contributed by atoms with E-state index < -0.39 is 17.6 Å². The van der Waals surface area contributed by atoms with Crippen LogP contribution in [0.4, 0.5) is 17.6 Å². The summed E-state index contributed by atoms with van der Waals surface area (Å²) >= 11 is 11.6. The molecule has 1 aromatic carbocycles. The van der Waals surface area contributed by atoms with Crippen molar-refractivity contribution in [2.45, 2.75) is 12.8 Å². The summed E-state index contributed by atoms with van der Waals surface area (Å²) in [5, 5.41) is 7.12. The Morgan fingerprint density at radius 1 is 1.08 bits per heavy atom. The third-order valence-corrected chi connectivity index (χ3v) is 3.67. The molecule has 0 saturated heterocycles. The monoisotopic (exact) mass is 407 g/mol. The van der Waals surface area contributed by atoms with Crippen molar-refractivity contribution in [3.05, 3.63) is 57.8 Å². The first-order chi connectivity index (χ1) is 12.2. The summed E-state index contributed by atoms with van der Waals surface area (Å²) in [6.07, 6.45) is -3.96. The lowest BCUT2D eigenvalue weighted by Crippen LogP contribution is -2.05. The van der Waals surface area contributed by atoms with Crippen LogP contribution in [0.25, 0.3) is 11.6 Å². The number of aromatic nitrogens is 3. The molecule has 0 fully saturated rings. The number of hydrogen-bond acceptors (Lipinski definition) is 5. The molecule has 0 radical (unpaired) electrons. The Morgan fingerprint density at radius 3 is 2.50 bits per heavy atom. The Balaban J connectivity index is 1.75. The normalized spacial score (nSPS) is 11.6. The lowest BCUT2D eigenvalue weighted by atomic mass is 10.2. The van der Waals surface area contributed by atoms with Gasteiger partial charge in [0.15, 0.2) is 6.61 Å². The molecule has 26 heavy (non-hydrogen) atoms. The Labute approximate surface area is 153 Å². The predicted octanol–water partition coefficient (Wildman–Crippen LogP) is 5.18. The second kappa shape index (κ2) is 7.08. The lowest BCUT2D eigenvalue weighted by Gasteiger charge is -2.07. The fourth-order valence-corrected chi connectivity index (χ4v) is 2.36. The zero-order valence-corrected chi connectivity index (χ0v) is 14.0. The molecule has 5 nitrogen and oxygen atoms in total. The van der Waals surface area contributed by atoms with Gasteiger partial charge in [0.2, 0.25) is 0 Å². The number of hydrogen-bond donors (Lipinski definition) is 0. The number of nitrogens with zero attached hydrogens (tertiary/aromatic N) is 3. The molecule has 11 heteroatoms. The third-order valence-electron chi connectivity index (χ3n) is 3.08. The summed E-state index contributed by atoms with van der Waals surface area (Å²) in [6, 6.07) is 4.26. The van der Waals surface area contributed by atoms with E-state index in [1.807, 2.05) is 0 Å². The van der Waals surface area contributed by atoms with E-state index in [4.69, 9.17) is 32.4 Å². The molecule has 0 saturated carbocycles. The summed E-state index contributed by atoms with van der Waals surface area (Å²) in [5.74, 6) is -0.505. The van der Waals surface area contributed by atoms with Gasteiger partial charge in [0.25, 0.3) is 11.8 Å². The standard InChI is InChI=1S/C15H7Cl2F4N3O2/c16-9-4-8(18)1-2-11(9)25-6-12-23-24-14(26-12)13-10(17)3-7(5-22-13)15(19,20)21/h1-5H,6H2. The molecule has 136 valence electrons. The maximum atomic E-state index is 13.0. The number of ether oxygens (including phenoxy) is 1. The number of alkyl halides is 3. The molecule has 0 atom stereocenters. The quantitative estimate of drug-likeness (QED) is 0.558. The molecule has 2 heterocycles. The van der Waals surface area contributed by atoms with E-state index in [1.165, 1.54) is 6.07 Å². The summed E-state index contributed by atoms with van der Waals surface area (Å²) in [7, 11) is 0. The third kappa shape index (κ3) is 4.05. The van der Waals surface area contributed by atoms with E-state index in [-0.39, 0.29) is 39.9 Å². The highest BCUT2D eigenvalue weighted by molar-refractivity contribution is 6.33. The van der Waals surface area contributed by atoms with E-state index in [0.29, 0.717) is 12.3 Å². The van der Waals surface area contributed by atoms with Crippen LogP contribution in [0, 0.1) is 5.82 Å². The van der Waals surface area contributed by atoms with Crippen LogP contribution in [-0.2, 0) is 12.8 Å². The Bertz CT molecular complexity index is 947. The Kier molecular flexibility index (Phi) is 5.01. The molecular weight excluding hydrogens is 401 g/mol. The largest absolute Gasteiger partial charge is 0.482 e. The predicted molar refractivity (Wildman–Crippen MR) is 83.3 cm³/mol. The smallest absolute Gasteiger partial charge is 0.417 e. The molecular formula is C15H7Cl2F4N3O2. The topological polar surface area (TPSA) is 61.0 Å². The first-order valence-electron chi connectivity index (χ1n) is 6.87. The highest BCUT2D eigenvalue weighted by Crippen LogP contribution is 2.33. The van der Waals surface area contributed by atoms with Gasteiger partial charge in [-0.25, -0.2) is 9.37 Å². The van der Waals surface area contributed by atoms with Gasteiger partial charge in [0.05, 0.1) is 15.6 Å². The Morgan fingerprint density at radius 2 is 1.85 bits per heavy atom. The van der Waals surface area contributed by atoms with Crippen LogP contribution in [-0.4, -0.2) is 15.2 Å². The summed E-state index contributed by atoms with van der Waals surface area (Å²) in [5.41, 5.74) is -1.10. The molecule has 0 amide bonds. The maximum absolute atomic E-state index is 13.0. The van der Waals surface area contributed by atoms with Crippen molar-refractivity contribution in [2.75, 3.05) is 0 Å². The maximum Gasteiger partial charge on any atom is 0.417 e. The van der Waals surface area contributed by atoms with Crippen molar-refractivity contribution < 1.29 is 26.7 Å². The fourth-order valence-electron chi connectivity index (χ4n) is 1.89. The van der Waals surface area contributed by atoms with Crippen LogP contribution in [0.5, 0.6) is 5.75 Å². The number of rotatable bonds is 4. The highest BCUT2D eigenvalue weighted by Gasteiger charge is 2.32. The molecule has 3 aromatic rings. The fraction of sp³-hybridized carbons (Fsp3) is 0.133. The summed E-state index contributed by atoms with van der Waals surface area (Å²) < 4.78 is 61.4. The van der Waals surface area contributed by atoms with Crippen molar-refractivity contribution >= 4 is 23.2 Å². The molecule has 0 bridgehead atoms. The number of pyridine rings is 1. The average molecular weight is 408 g/mol. The van der Waals surface area contributed by atoms with Crippen LogP contribution in [0.15, 0.2) is 34.9 Å². The van der Waals surface area contributed by atoms with Crippen molar-refractivity contribution in [1.82, 2.24) is 15.2 Å². The van der Waals surface area contributed by atoms with Gasteiger partial charge < -0.3 is 9.15 Å². The van der Waals surface area contributed by atoms with Gasteiger partial charge in [0, 0.05) is 6.20 Å². The molecule has 3 rings (SSSR count). The molecule has 0 aliphatic rings. The zero-order chi connectivity index (χ0) is 18.9. The van der Waals surface area contributed by atoms with Crippen LogP contribution < -0.4 is 4.74 Å². The van der Waals surface area contributed by atoms with E-state index in [0.717, 1.165) is 12.1 Å². The van der Waals surface area contributed by atoms with Gasteiger partial charge in [-0.15, -0.1) is 10.2 Å². The van der Waals surface area contributed by atoms with E-state index in [2.05, 4.69) is 15.2 Å². The molecule has 0 N–H and O–H groups in total. The minimum atomic E-state index is -4.57. The summed E-state index contributed by atoms with van der Waals surface area (Å²) in [4.78, 5) is 3.62. The molecule has 0 unspecified atom stereocenters. The molecule has 2 aromatic heterocycles. The van der Waals surface area contributed by atoms with E-state index in [1.54, 1.807) is 0 Å². The van der Waals surface area contributed by atoms with Gasteiger partial charge in [-0.3, -0.25) is 0 Å². The number of halogens is 6. The summed E-state index contributed by atoms with van der Waals surface area (Å²) in [6.45, 7) is -0.198. The second-order valence-electron chi connectivity index (χ2n) is 4.92. The minimum absolute atomic E-state index is 0.00171. The van der Waals surface area contributed by atoms with Crippen molar-refractivity contribution in [3.63, 3.8) is 0 Å². The van der Waals surface area contributed by atoms with Crippen LogP contribution in [0.1, 0.15) is 11.5 Å². The van der Waals surface area contributed by atoms with E-state index in [9.17, 15) is 17.6 Å². The van der Waals surface area contributed by atoms with Crippen molar-refractivity contribution in [1.29, 1.82) is 0 Å². The molecule has 0 aliphatic carbocycles. The lowest BCUT2D eigenvalue weighted by molar-refractivity contribution is -0.137. The first kappa shape index (κ1) is 18.4. The SMILES string of the molecule is Fc1ccc(OCc2nnc(-c3ncc(C(F)(F)F)cc3Cl)o2)c(Cl)c1. The Hall–Kier alpha value is -2.39. The molecule has 0 spiro atoms. The first-order valence-corrected chi connectivity index (χ1v) is 7.63. The second-order valence-corrected chi connectivity index (χ2v) is 5.73. The zero-order valence-electron chi connectivity index (χ0n) is 12.5. The van der Waals surface area contributed by atoms with Crippen LogP contribution >= 0.6 is 23.2 Å². The van der Waals surface area contributed by atoms with Crippen LogP contribution in [0.2, 0.25) is 10.0 Å². The van der Waals surface area contributed by atoms with Gasteiger partial charge in [0.1, 0.15) is 17.3 Å². The van der Waals surface area contributed by atoms with Crippen molar-refractivity contribution in [2.24, 2.45) is 0 Å². The number of benzene rings is 1. The minimum Gasteiger partial charge on any atom is -0.482 e. The van der Waals surface area contributed by atoms with E-state index >= 15 is 0 Å².